The lowest BCUT2D eigenvalue weighted by Crippen LogP contribution is -2.38. The zero-order valence-electron chi connectivity index (χ0n) is 10.6. The first-order valence-corrected chi connectivity index (χ1v) is 7.70. The summed E-state index contributed by atoms with van der Waals surface area (Å²) in [7, 11) is 1.47. The van der Waals surface area contributed by atoms with Crippen molar-refractivity contribution in [3.8, 4) is 5.75 Å². The maximum absolute atomic E-state index is 12.4. The summed E-state index contributed by atoms with van der Waals surface area (Å²) in [5, 5.41) is 18.8. The number of benzene rings is 1. The number of aromatic hydroxyl groups is 1. The van der Waals surface area contributed by atoms with E-state index in [1.54, 1.807) is 6.07 Å². The first-order valence-electron chi connectivity index (χ1n) is 5.54. The summed E-state index contributed by atoms with van der Waals surface area (Å²) in [5.74, 6) is -1.78. The van der Waals surface area contributed by atoms with E-state index in [1.807, 2.05) is 45.2 Å². The molecule has 20 heavy (non-hydrogen) atoms. The number of carboxylic acid groups (broad SMARTS) is 1. The second-order valence-corrected chi connectivity index (χ2v) is 6.30. The molecule has 6 nitrogen and oxygen atoms in total. The molecule has 0 radical (unpaired) electrons. The molecule has 1 aromatic rings. The van der Waals surface area contributed by atoms with Crippen molar-refractivity contribution in [1.82, 2.24) is 4.90 Å². The summed E-state index contributed by atoms with van der Waals surface area (Å²) in [6, 6.07) is 3.26. The van der Waals surface area contributed by atoms with Gasteiger partial charge in [0.1, 0.15) is 12.3 Å². The zero-order chi connectivity index (χ0) is 15.3. The topological polar surface area (TPSA) is 87.1 Å². The highest BCUT2D eigenvalue weighted by molar-refractivity contribution is 14.1. The van der Waals surface area contributed by atoms with Crippen LogP contribution in [0.3, 0.4) is 0 Å². The molecule has 0 aliphatic rings. The van der Waals surface area contributed by atoms with Gasteiger partial charge in [0.2, 0.25) is 0 Å². The van der Waals surface area contributed by atoms with Crippen LogP contribution in [0.4, 0.5) is 0 Å². The Morgan fingerprint density at radius 2 is 2.00 bits per heavy atom. The molecular weight excluding hydrogens is 492 g/mol. The number of phenolic OH excluding ortho intramolecular Hbond substituents is 1. The summed E-state index contributed by atoms with van der Waals surface area (Å²) < 4.78 is 6.19. The Morgan fingerprint density at radius 1 is 1.35 bits per heavy atom. The smallest absolute Gasteiger partial charge is 0.323 e. The molecule has 1 amide bonds. The summed E-state index contributed by atoms with van der Waals surface area (Å²) in [6.45, 7) is -0.0758. The number of phenols is 1. The molecule has 110 valence electrons. The van der Waals surface area contributed by atoms with Gasteiger partial charge in [-0.15, -0.1) is 0 Å². The number of methoxy groups -OCH3 is 1. The number of carbonyl (C=O) groups is 2. The average molecular weight is 505 g/mol. The van der Waals surface area contributed by atoms with Crippen molar-refractivity contribution >= 4 is 57.1 Å². The van der Waals surface area contributed by atoms with Gasteiger partial charge in [0.15, 0.2) is 0 Å². The van der Waals surface area contributed by atoms with E-state index in [4.69, 9.17) is 9.84 Å². The minimum Gasteiger partial charge on any atom is -0.506 e. The molecule has 0 heterocycles. The van der Waals surface area contributed by atoms with Crippen molar-refractivity contribution in [2.75, 3.05) is 26.8 Å². The number of carbonyl (C=O) groups excluding carboxylic acids is 1. The highest BCUT2D eigenvalue weighted by Crippen LogP contribution is 2.28. The van der Waals surface area contributed by atoms with E-state index in [9.17, 15) is 14.7 Å². The predicted octanol–water partition coefficient (Wildman–Crippen LogP) is 1.77. The number of hydrogen-bond donors (Lipinski definition) is 2. The average Bonchev–Trinajstić information content (AvgIpc) is 2.37. The Balaban J connectivity index is 3.07. The van der Waals surface area contributed by atoms with Crippen molar-refractivity contribution in [3.63, 3.8) is 0 Å². The summed E-state index contributed by atoms with van der Waals surface area (Å²) in [6.07, 6.45) is 0. The van der Waals surface area contributed by atoms with Gasteiger partial charge in [-0.25, -0.2) is 0 Å². The molecule has 1 rings (SSSR count). The molecule has 0 spiro atoms. The summed E-state index contributed by atoms with van der Waals surface area (Å²) >= 11 is 3.95. The van der Waals surface area contributed by atoms with Gasteiger partial charge in [-0.05, 0) is 57.3 Å². The molecule has 0 bridgehead atoms. The molecule has 2 N–H and O–H groups in total. The minimum atomic E-state index is -1.12. The largest absolute Gasteiger partial charge is 0.506 e. The monoisotopic (exact) mass is 505 g/mol. The van der Waals surface area contributed by atoms with E-state index < -0.39 is 18.4 Å². The molecule has 0 saturated carbocycles. The van der Waals surface area contributed by atoms with Crippen LogP contribution in [0.5, 0.6) is 5.75 Å². The van der Waals surface area contributed by atoms with Crippen LogP contribution in [-0.4, -0.2) is 53.8 Å². The number of halogens is 2. The van der Waals surface area contributed by atoms with Crippen molar-refractivity contribution in [3.05, 3.63) is 24.8 Å². The van der Waals surface area contributed by atoms with Gasteiger partial charge in [-0.3, -0.25) is 9.59 Å². The van der Waals surface area contributed by atoms with Gasteiger partial charge in [0.05, 0.1) is 15.7 Å². The van der Waals surface area contributed by atoms with Crippen LogP contribution in [-0.2, 0) is 9.53 Å². The van der Waals surface area contributed by atoms with Crippen molar-refractivity contribution in [2.24, 2.45) is 0 Å². The fraction of sp³-hybridized carbons (Fsp3) is 0.333. The van der Waals surface area contributed by atoms with Gasteiger partial charge in [0, 0.05) is 17.2 Å². The van der Waals surface area contributed by atoms with E-state index in [1.165, 1.54) is 13.2 Å². The highest BCUT2D eigenvalue weighted by Gasteiger charge is 2.22. The molecule has 1 aromatic carbocycles. The quantitative estimate of drug-likeness (QED) is 0.577. The third kappa shape index (κ3) is 4.74. The van der Waals surface area contributed by atoms with Gasteiger partial charge in [-0.1, -0.05) is 0 Å². The van der Waals surface area contributed by atoms with Gasteiger partial charge in [-0.2, -0.15) is 0 Å². The maximum Gasteiger partial charge on any atom is 0.323 e. The number of ether oxygens (including phenoxy) is 1. The van der Waals surface area contributed by atoms with Crippen LogP contribution in [0, 0.1) is 7.14 Å². The standard InChI is InChI=1S/C12H13I2NO5/c1-20-3-2-15(6-10(16)17)12(19)8-4-7(13)5-9(14)11(8)18/h4-5,18H,2-3,6H2,1H3,(H,16,17). The van der Waals surface area contributed by atoms with Crippen molar-refractivity contribution in [1.29, 1.82) is 0 Å². The Kier molecular flexibility index (Phi) is 6.95. The first kappa shape index (κ1) is 17.4. The van der Waals surface area contributed by atoms with Crippen LogP contribution in [0.15, 0.2) is 12.1 Å². The molecule has 0 aliphatic carbocycles. The van der Waals surface area contributed by atoms with E-state index in [2.05, 4.69) is 0 Å². The van der Waals surface area contributed by atoms with Crippen LogP contribution >= 0.6 is 45.2 Å². The lowest BCUT2D eigenvalue weighted by Gasteiger charge is -2.21. The van der Waals surface area contributed by atoms with Gasteiger partial charge >= 0.3 is 5.97 Å². The Labute approximate surface area is 143 Å². The molecule has 0 atom stereocenters. The molecular formula is C12H13I2NO5. The Hall–Kier alpha value is -0.620. The molecule has 0 fully saturated rings. The van der Waals surface area contributed by atoms with E-state index >= 15 is 0 Å². The third-order valence-corrected chi connectivity index (χ3v) is 3.88. The van der Waals surface area contributed by atoms with Gasteiger partial charge < -0.3 is 19.8 Å². The first-order chi connectivity index (χ1) is 9.36. The highest BCUT2D eigenvalue weighted by atomic mass is 127. The number of amides is 1. The number of aliphatic carboxylic acids is 1. The molecule has 0 saturated heterocycles. The van der Waals surface area contributed by atoms with Crippen molar-refractivity contribution < 1.29 is 24.5 Å². The zero-order valence-corrected chi connectivity index (χ0v) is 14.9. The number of carboxylic acids is 1. The lowest BCUT2D eigenvalue weighted by atomic mass is 10.1. The van der Waals surface area contributed by atoms with E-state index in [-0.39, 0.29) is 24.5 Å². The lowest BCUT2D eigenvalue weighted by molar-refractivity contribution is -0.137. The second-order valence-electron chi connectivity index (χ2n) is 3.90. The molecule has 0 aliphatic heterocycles. The van der Waals surface area contributed by atoms with Crippen LogP contribution in [0.1, 0.15) is 10.4 Å². The van der Waals surface area contributed by atoms with E-state index in [0.717, 1.165) is 8.47 Å². The fourth-order valence-corrected chi connectivity index (χ4v) is 3.36. The third-order valence-electron chi connectivity index (χ3n) is 2.44. The number of hydrogen-bond acceptors (Lipinski definition) is 4. The Bertz CT molecular complexity index is 521. The number of rotatable bonds is 6. The van der Waals surface area contributed by atoms with Crippen LogP contribution in [0.25, 0.3) is 0 Å². The van der Waals surface area contributed by atoms with Crippen LogP contribution < -0.4 is 0 Å². The van der Waals surface area contributed by atoms with E-state index in [0.29, 0.717) is 3.57 Å². The second kappa shape index (κ2) is 7.98. The van der Waals surface area contributed by atoms with Gasteiger partial charge in [0.25, 0.3) is 5.91 Å². The molecule has 8 heteroatoms. The normalized spacial score (nSPS) is 10.3. The minimum absolute atomic E-state index is 0.0960. The molecule has 0 aromatic heterocycles. The SMILES string of the molecule is COCCN(CC(=O)O)C(=O)c1cc(I)cc(I)c1O. The fourth-order valence-electron chi connectivity index (χ4n) is 1.52. The molecule has 0 unspecified atom stereocenters. The summed E-state index contributed by atoms with van der Waals surface area (Å²) in [5.41, 5.74) is 0.0960. The maximum atomic E-state index is 12.4. The number of nitrogens with zero attached hydrogens (tertiary/aromatic N) is 1. The van der Waals surface area contributed by atoms with Crippen molar-refractivity contribution in [2.45, 2.75) is 0 Å². The predicted molar refractivity (Wildman–Crippen MR) is 89.0 cm³/mol. The van der Waals surface area contributed by atoms with Crippen LogP contribution in [0.2, 0.25) is 0 Å². The summed E-state index contributed by atoms with van der Waals surface area (Å²) in [4.78, 5) is 24.3. The Morgan fingerprint density at radius 3 is 2.55 bits per heavy atom.